The fraction of sp³-hybridized carbons (Fsp3) is 0.269. The highest BCUT2D eigenvalue weighted by Crippen LogP contribution is 2.16. The van der Waals surface area contributed by atoms with Gasteiger partial charge in [-0.15, -0.1) is 0 Å². The van der Waals surface area contributed by atoms with E-state index in [1.165, 1.54) is 0 Å². The second-order valence-corrected chi connectivity index (χ2v) is 8.02. The van der Waals surface area contributed by atoms with E-state index in [-0.39, 0.29) is 17.7 Å². The molecule has 2 aromatic carbocycles. The highest BCUT2D eigenvalue weighted by atomic mass is 16.5. The molecule has 0 aliphatic rings. The number of hydrogen-bond acceptors (Lipinski definition) is 4. The van der Waals surface area contributed by atoms with Crippen LogP contribution < -0.4 is 15.4 Å². The number of carbonyl (C=O) groups excluding carboxylic acids is 2. The zero-order valence-corrected chi connectivity index (χ0v) is 18.5. The van der Waals surface area contributed by atoms with E-state index >= 15 is 0 Å². The number of hydrogen-bond donors (Lipinski definition) is 2. The molecule has 0 saturated heterocycles. The Kier molecular flexibility index (Phi) is 8.37. The molecule has 0 saturated carbocycles. The van der Waals surface area contributed by atoms with Crippen LogP contribution in [0.2, 0.25) is 0 Å². The first-order chi connectivity index (χ1) is 15.5. The van der Waals surface area contributed by atoms with E-state index in [4.69, 9.17) is 4.74 Å². The van der Waals surface area contributed by atoms with Gasteiger partial charge in [0, 0.05) is 30.9 Å². The second-order valence-electron chi connectivity index (χ2n) is 8.02. The standard InChI is InChI=1S/C26H29N3O3/c1-19(2)15-24(30)29-25(22-8-4-3-5-9-22)26(31)28-17-20-10-12-23(13-11-20)32-18-21-7-6-14-27-16-21/h3-14,16,19,25H,15,17-18H2,1-2H3,(H,28,31)(H,29,30). The maximum Gasteiger partial charge on any atom is 0.247 e. The third-order valence-corrected chi connectivity index (χ3v) is 4.81. The van der Waals surface area contributed by atoms with Crippen molar-refractivity contribution < 1.29 is 14.3 Å². The van der Waals surface area contributed by atoms with Gasteiger partial charge >= 0.3 is 0 Å². The highest BCUT2D eigenvalue weighted by Gasteiger charge is 2.22. The fourth-order valence-corrected chi connectivity index (χ4v) is 3.18. The number of amides is 2. The average molecular weight is 432 g/mol. The van der Waals surface area contributed by atoms with Crippen molar-refractivity contribution in [2.24, 2.45) is 5.92 Å². The third-order valence-electron chi connectivity index (χ3n) is 4.81. The first-order valence-electron chi connectivity index (χ1n) is 10.7. The van der Waals surface area contributed by atoms with E-state index in [0.29, 0.717) is 19.6 Å². The number of aromatic nitrogens is 1. The van der Waals surface area contributed by atoms with Crippen LogP contribution in [-0.4, -0.2) is 16.8 Å². The van der Waals surface area contributed by atoms with Crippen molar-refractivity contribution in [3.8, 4) is 5.75 Å². The summed E-state index contributed by atoms with van der Waals surface area (Å²) < 4.78 is 5.77. The van der Waals surface area contributed by atoms with Crippen molar-refractivity contribution in [1.29, 1.82) is 0 Å². The number of carbonyl (C=O) groups is 2. The molecule has 166 valence electrons. The maximum atomic E-state index is 12.9. The summed E-state index contributed by atoms with van der Waals surface area (Å²) in [7, 11) is 0. The quantitative estimate of drug-likeness (QED) is 0.505. The van der Waals surface area contributed by atoms with Crippen LogP contribution in [0.3, 0.4) is 0 Å². The minimum absolute atomic E-state index is 0.140. The lowest BCUT2D eigenvalue weighted by Crippen LogP contribution is -2.40. The van der Waals surface area contributed by atoms with Crippen LogP contribution >= 0.6 is 0 Å². The molecule has 3 rings (SSSR count). The Balaban J connectivity index is 1.57. The van der Waals surface area contributed by atoms with Crippen LogP contribution in [0.4, 0.5) is 0 Å². The van der Waals surface area contributed by atoms with Gasteiger partial charge in [0.1, 0.15) is 18.4 Å². The number of rotatable bonds is 10. The van der Waals surface area contributed by atoms with E-state index in [0.717, 1.165) is 22.4 Å². The van der Waals surface area contributed by atoms with E-state index in [1.807, 2.05) is 80.6 Å². The molecule has 0 bridgehead atoms. The minimum atomic E-state index is -0.732. The normalized spacial score (nSPS) is 11.6. The molecule has 0 aliphatic carbocycles. The fourth-order valence-electron chi connectivity index (χ4n) is 3.18. The van der Waals surface area contributed by atoms with Crippen molar-refractivity contribution >= 4 is 11.8 Å². The lowest BCUT2D eigenvalue weighted by molar-refractivity contribution is -0.129. The molecule has 3 aromatic rings. The Morgan fingerprint density at radius 2 is 1.69 bits per heavy atom. The van der Waals surface area contributed by atoms with Gasteiger partial charge in [0.05, 0.1) is 0 Å². The molecule has 2 N–H and O–H groups in total. The summed E-state index contributed by atoms with van der Waals surface area (Å²) in [6, 6.07) is 19.9. The summed E-state index contributed by atoms with van der Waals surface area (Å²) in [5.74, 6) is 0.574. The van der Waals surface area contributed by atoms with Gasteiger partial charge in [0.2, 0.25) is 11.8 Å². The van der Waals surface area contributed by atoms with E-state index in [1.54, 1.807) is 12.4 Å². The van der Waals surface area contributed by atoms with Gasteiger partial charge in [0.15, 0.2) is 0 Å². The zero-order chi connectivity index (χ0) is 22.8. The predicted octanol–water partition coefficient (Wildman–Crippen LogP) is 4.18. The molecule has 1 aromatic heterocycles. The van der Waals surface area contributed by atoms with Crippen LogP contribution in [0.15, 0.2) is 79.1 Å². The van der Waals surface area contributed by atoms with Crippen LogP contribution in [0.5, 0.6) is 5.75 Å². The molecule has 1 unspecified atom stereocenters. The van der Waals surface area contributed by atoms with E-state index in [2.05, 4.69) is 15.6 Å². The largest absolute Gasteiger partial charge is 0.489 e. The lowest BCUT2D eigenvalue weighted by Gasteiger charge is -2.19. The van der Waals surface area contributed by atoms with Gasteiger partial charge in [-0.1, -0.05) is 62.4 Å². The Morgan fingerprint density at radius 3 is 2.34 bits per heavy atom. The average Bonchev–Trinajstić information content (AvgIpc) is 2.81. The van der Waals surface area contributed by atoms with Crippen LogP contribution in [0.25, 0.3) is 0 Å². The maximum absolute atomic E-state index is 12.9. The summed E-state index contributed by atoms with van der Waals surface area (Å²) >= 11 is 0. The first kappa shape index (κ1) is 23.0. The van der Waals surface area contributed by atoms with Crippen molar-refractivity contribution in [2.45, 2.75) is 39.5 Å². The van der Waals surface area contributed by atoms with Gasteiger partial charge in [-0.25, -0.2) is 0 Å². The molecule has 0 fully saturated rings. The molecule has 0 spiro atoms. The lowest BCUT2D eigenvalue weighted by atomic mass is 10.0. The summed E-state index contributed by atoms with van der Waals surface area (Å²) in [6.45, 7) is 4.74. The Morgan fingerprint density at radius 1 is 0.938 bits per heavy atom. The van der Waals surface area contributed by atoms with Gasteiger partial charge in [0.25, 0.3) is 0 Å². The minimum Gasteiger partial charge on any atom is -0.489 e. The summed E-state index contributed by atoms with van der Waals surface area (Å²) in [5.41, 5.74) is 2.68. The number of pyridine rings is 1. The third kappa shape index (κ3) is 7.23. The zero-order valence-electron chi connectivity index (χ0n) is 18.5. The predicted molar refractivity (Wildman–Crippen MR) is 124 cm³/mol. The van der Waals surface area contributed by atoms with Crippen LogP contribution in [-0.2, 0) is 22.7 Å². The number of benzene rings is 2. The summed E-state index contributed by atoms with van der Waals surface area (Å²) in [4.78, 5) is 29.3. The van der Waals surface area contributed by atoms with E-state index < -0.39 is 6.04 Å². The van der Waals surface area contributed by atoms with Crippen molar-refractivity contribution in [3.63, 3.8) is 0 Å². The molecular weight excluding hydrogens is 402 g/mol. The molecule has 1 heterocycles. The molecule has 0 aliphatic heterocycles. The second kappa shape index (κ2) is 11.6. The molecule has 6 nitrogen and oxygen atoms in total. The molecule has 0 radical (unpaired) electrons. The highest BCUT2D eigenvalue weighted by molar-refractivity contribution is 5.88. The van der Waals surface area contributed by atoms with Gasteiger partial charge < -0.3 is 15.4 Å². The Bertz CT molecular complexity index is 990. The smallest absolute Gasteiger partial charge is 0.247 e. The van der Waals surface area contributed by atoms with Gasteiger partial charge in [-0.2, -0.15) is 0 Å². The molecule has 2 amide bonds. The number of nitrogens with one attached hydrogen (secondary N) is 2. The SMILES string of the molecule is CC(C)CC(=O)NC(C(=O)NCc1ccc(OCc2cccnc2)cc1)c1ccccc1. The summed E-state index contributed by atoms with van der Waals surface area (Å²) in [6.07, 6.45) is 3.87. The van der Waals surface area contributed by atoms with Crippen molar-refractivity contribution in [1.82, 2.24) is 15.6 Å². The molecule has 1 atom stereocenters. The van der Waals surface area contributed by atoms with Crippen LogP contribution in [0.1, 0.15) is 43.0 Å². The van der Waals surface area contributed by atoms with Crippen LogP contribution in [0, 0.1) is 5.92 Å². The summed E-state index contributed by atoms with van der Waals surface area (Å²) in [5, 5.41) is 5.80. The molecule has 6 heteroatoms. The first-order valence-corrected chi connectivity index (χ1v) is 10.7. The van der Waals surface area contributed by atoms with Gasteiger partial charge in [-0.05, 0) is 35.2 Å². The molecule has 32 heavy (non-hydrogen) atoms. The topological polar surface area (TPSA) is 80.3 Å². The van der Waals surface area contributed by atoms with Crippen molar-refractivity contribution in [3.05, 3.63) is 95.8 Å². The Hall–Kier alpha value is -3.67. The van der Waals surface area contributed by atoms with Crippen molar-refractivity contribution in [2.75, 3.05) is 0 Å². The van der Waals surface area contributed by atoms with E-state index in [9.17, 15) is 9.59 Å². The number of nitrogens with zero attached hydrogens (tertiary/aromatic N) is 1. The van der Waals surface area contributed by atoms with Gasteiger partial charge in [-0.3, -0.25) is 14.6 Å². The monoisotopic (exact) mass is 431 g/mol. The molecular formula is C26H29N3O3. The number of ether oxygens (including phenoxy) is 1. The Labute approximate surface area is 189 Å².